The van der Waals surface area contributed by atoms with Gasteiger partial charge in [0.25, 0.3) is 0 Å². The fraction of sp³-hybridized carbons (Fsp3) is 0.133. The minimum absolute atomic E-state index is 0.160. The van der Waals surface area contributed by atoms with Gasteiger partial charge in [-0.05, 0) is 23.8 Å². The molecule has 0 fully saturated rings. The average Bonchev–Trinajstić information content (AvgIpc) is 2.41. The normalized spacial score (nSPS) is 10.1. The first kappa shape index (κ1) is 13.0. The first-order chi connectivity index (χ1) is 9.16. The fourth-order valence-electron chi connectivity index (χ4n) is 1.74. The van der Waals surface area contributed by atoms with Crippen molar-refractivity contribution in [2.24, 2.45) is 0 Å². The Morgan fingerprint density at radius 2 is 1.89 bits per heavy atom. The Balaban J connectivity index is 1.95. The Morgan fingerprint density at radius 3 is 2.53 bits per heavy atom. The summed E-state index contributed by atoms with van der Waals surface area (Å²) in [6.07, 6.45) is 0.779. The number of carboxylic acids is 1. The SMILES string of the molecule is Nc1cc(C(=O)O)ccc1OCCc1ccccc1. The molecule has 0 aliphatic carbocycles. The lowest BCUT2D eigenvalue weighted by atomic mass is 10.1. The predicted molar refractivity (Wildman–Crippen MR) is 73.5 cm³/mol. The predicted octanol–water partition coefficient (Wildman–Crippen LogP) is 2.59. The molecule has 98 valence electrons. The third kappa shape index (κ3) is 3.48. The number of nitrogens with two attached hydrogens (primary N) is 1. The van der Waals surface area contributed by atoms with Crippen LogP contribution in [0.4, 0.5) is 5.69 Å². The van der Waals surface area contributed by atoms with Gasteiger partial charge >= 0.3 is 5.97 Å². The molecule has 0 aromatic heterocycles. The van der Waals surface area contributed by atoms with Gasteiger partial charge < -0.3 is 15.6 Å². The zero-order chi connectivity index (χ0) is 13.7. The maximum atomic E-state index is 10.8. The van der Waals surface area contributed by atoms with Gasteiger partial charge in [0.15, 0.2) is 0 Å². The van der Waals surface area contributed by atoms with E-state index in [0.29, 0.717) is 18.0 Å². The number of carbonyl (C=O) groups is 1. The second kappa shape index (κ2) is 5.91. The highest BCUT2D eigenvalue weighted by Crippen LogP contribution is 2.22. The minimum Gasteiger partial charge on any atom is -0.491 e. The molecular weight excluding hydrogens is 242 g/mol. The minimum atomic E-state index is -0.998. The molecule has 0 heterocycles. The van der Waals surface area contributed by atoms with E-state index in [1.807, 2.05) is 30.3 Å². The van der Waals surface area contributed by atoms with Gasteiger partial charge in [0, 0.05) is 6.42 Å². The number of ether oxygens (including phenoxy) is 1. The molecule has 2 aromatic carbocycles. The first-order valence-electron chi connectivity index (χ1n) is 5.96. The van der Waals surface area contributed by atoms with Gasteiger partial charge in [-0.3, -0.25) is 0 Å². The molecule has 0 amide bonds. The Labute approximate surface area is 111 Å². The van der Waals surface area contributed by atoms with Gasteiger partial charge in [-0.25, -0.2) is 4.79 Å². The van der Waals surface area contributed by atoms with Gasteiger partial charge in [-0.2, -0.15) is 0 Å². The highest BCUT2D eigenvalue weighted by molar-refractivity contribution is 5.89. The quantitative estimate of drug-likeness (QED) is 0.807. The van der Waals surface area contributed by atoms with E-state index in [1.54, 1.807) is 6.07 Å². The molecule has 4 heteroatoms. The molecule has 0 unspecified atom stereocenters. The molecule has 0 radical (unpaired) electrons. The van der Waals surface area contributed by atoms with Gasteiger partial charge in [-0.1, -0.05) is 30.3 Å². The molecule has 0 bridgehead atoms. The van der Waals surface area contributed by atoms with E-state index in [4.69, 9.17) is 15.6 Å². The van der Waals surface area contributed by atoms with Crippen molar-refractivity contribution in [2.45, 2.75) is 6.42 Å². The van der Waals surface area contributed by atoms with Crippen molar-refractivity contribution in [1.29, 1.82) is 0 Å². The summed E-state index contributed by atoms with van der Waals surface area (Å²) in [7, 11) is 0. The van der Waals surface area contributed by atoms with Crippen LogP contribution in [0, 0.1) is 0 Å². The zero-order valence-corrected chi connectivity index (χ0v) is 10.4. The lowest BCUT2D eigenvalue weighted by molar-refractivity contribution is 0.0697. The monoisotopic (exact) mass is 257 g/mol. The average molecular weight is 257 g/mol. The van der Waals surface area contributed by atoms with Crippen LogP contribution in [0.3, 0.4) is 0 Å². The lowest BCUT2D eigenvalue weighted by Gasteiger charge is -2.09. The summed E-state index contributed by atoms with van der Waals surface area (Å²) < 4.78 is 5.56. The number of anilines is 1. The maximum Gasteiger partial charge on any atom is 0.335 e. The number of rotatable bonds is 5. The van der Waals surface area contributed by atoms with Crippen molar-refractivity contribution in [3.8, 4) is 5.75 Å². The van der Waals surface area contributed by atoms with E-state index in [1.165, 1.54) is 17.7 Å². The fourth-order valence-corrected chi connectivity index (χ4v) is 1.74. The zero-order valence-electron chi connectivity index (χ0n) is 10.4. The Morgan fingerprint density at radius 1 is 1.16 bits per heavy atom. The molecule has 0 saturated heterocycles. The van der Waals surface area contributed by atoms with Gasteiger partial charge in [0.1, 0.15) is 5.75 Å². The van der Waals surface area contributed by atoms with Crippen molar-refractivity contribution in [3.63, 3.8) is 0 Å². The third-order valence-electron chi connectivity index (χ3n) is 2.75. The number of hydrogen-bond acceptors (Lipinski definition) is 3. The molecule has 0 aliphatic rings. The van der Waals surface area contributed by atoms with Crippen LogP contribution in [0.25, 0.3) is 0 Å². The number of aromatic carboxylic acids is 1. The Hall–Kier alpha value is -2.49. The largest absolute Gasteiger partial charge is 0.491 e. The second-order valence-electron chi connectivity index (χ2n) is 4.14. The van der Waals surface area contributed by atoms with Crippen LogP contribution in [0.15, 0.2) is 48.5 Å². The lowest BCUT2D eigenvalue weighted by Crippen LogP contribution is -2.05. The van der Waals surface area contributed by atoms with Crippen LogP contribution >= 0.6 is 0 Å². The van der Waals surface area contributed by atoms with Crippen molar-refractivity contribution < 1.29 is 14.6 Å². The highest BCUT2D eigenvalue weighted by atomic mass is 16.5. The van der Waals surface area contributed by atoms with Crippen molar-refractivity contribution in [1.82, 2.24) is 0 Å². The summed E-state index contributed by atoms with van der Waals surface area (Å²) in [5.41, 5.74) is 7.43. The van der Waals surface area contributed by atoms with E-state index in [9.17, 15) is 4.79 Å². The van der Waals surface area contributed by atoms with E-state index in [-0.39, 0.29) is 5.56 Å². The topological polar surface area (TPSA) is 72.6 Å². The van der Waals surface area contributed by atoms with E-state index >= 15 is 0 Å². The molecule has 0 atom stereocenters. The summed E-state index contributed by atoms with van der Waals surface area (Å²) >= 11 is 0. The van der Waals surface area contributed by atoms with E-state index in [0.717, 1.165) is 6.42 Å². The molecule has 0 aliphatic heterocycles. The van der Waals surface area contributed by atoms with Crippen LogP contribution in [-0.2, 0) is 6.42 Å². The van der Waals surface area contributed by atoms with Gasteiger partial charge in [0.05, 0.1) is 17.9 Å². The van der Waals surface area contributed by atoms with Crippen LogP contribution in [0.1, 0.15) is 15.9 Å². The molecule has 0 saturated carbocycles. The van der Waals surface area contributed by atoms with Gasteiger partial charge in [0.2, 0.25) is 0 Å². The number of benzene rings is 2. The van der Waals surface area contributed by atoms with Crippen LogP contribution in [0.5, 0.6) is 5.75 Å². The number of carboxylic acid groups (broad SMARTS) is 1. The highest BCUT2D eigenvalue weighted by Gasteiger charge is 2.06. The maximum absolute atomic E-state index is 10.8. The summed E-state index contributed by atoms with van der Waals surface area (Å²) in [6.45, 7) is 0.501. The first-order valence-corrected chi connectivity index (χ1v) is 5.96. The third-order valence-corrected chi connectivity index (χ3v) is 2.75. The molecule has 3 N–H and O–H groups in total. The smallest absolute Gasteiger partial charge is 0.335 e. The van der Waals surface area contributed by atoms with E-state index in [2.05, 4.69) is 0 Å². The second-order valence-corrected chi connectivity index (χ2v) is 4.14. The Bertz CT molecular complexity index is 567. The van der Waals surface area contributed by atoms with Crippen LogP contribution in [-0.4, -0.2) is 17.7 Å². The van der Waals surface area contributed by atoms with Gasteiger partial charge in [-0.15, -0.1) is 0 Å². The number of nitrogen functional groups attached to an aromatic ring is 1. The molecule has 2 rings (SSSR count). The molecule has 19 heavy (non-hydrogen) atoms. The standard InChI is InChI=1S/C15H15NO3/c16-13-10-12(15(17)18)6-7-14(13)19-9-8-11-4-2-1-3-5-11/h1-7,10H,8-9,16H2,(H,17,18). The van der Waals surface area contributed by atoms with Crippen molar-refractivity contribution in [2.75, 3.05) is 12.3 Å². The molecule has 2 aromatic rings. The van der Waals surface area contributed by atoms with Crippen molar-refractivity contribution >= 4 is 11.7 Å². The molecule has 4 nitrogen and oxygen atoms in total. The molecular formula is C15H15NO3. The van der Waals surface area contributed by atoms with Crippen LogP contribution < -0.4 is 10.5 Å². The summed E-state index contributed by atoms with van der Waals surface area (Å²) in [5.74, 6) is -0.483. The van der Waals surface area contributed by atoms with Crippen molar-refractivity contribution in [3.05, 3.63) is 59.7 Å². The summed E-state index contributed by atoms with van der Waals surface area (Å²) in [4.78, 5) is 10.8. The number of hydrogen-bond donors (Lipinski definition) is 2. The van der Waals surface area contributed by atoms with Crippen LogP contribution in [0.2, 0.25) is 0 Å². The summed E-state index contributed by atoms with van der Waals surface area (Å²) in [5, 5.41) is 8.83. The van der Waals surface area contributed by atoms with E-state index < -0.39 is 5.97 Å². The molecule has 0 spiro atoms. The Kier molecular flexibility index (Phi) is 4.03. The summed E-state index contributed by atoms with van der Waals surface area (Å²) in [6, 6.07) is 14.4.